The van der Waals surface area contributed by atoms with Crippen molar-refractivity contribution in [2.24, 2.45) is 0 Å². The van der Waals surface area contributed by atoms with E-state index >= 15 is 0 Å². The van der Waals surface area contributed by atoms with Crippen LogP contribution in [0.3, 0.4) is 0 Å². The maximum atomic E-state index is 11.6. The van der Waals surface area contributed by atoms with Crippen molar-refractivity contribution in [3.8, 4) is 0 Å². The van der Waals surface area contributed by atoms with E-state index in [9.17, 15) is 9.59 Å². The number of aromatic nitrogens is 2. The molecule has 1 heterocycles. The molecule has 0 aliphatic carbocycles. The zero-order chi connectivity index (χ0) is 15.4. The van der Waals surface area contributed by atoms with Crippen LogP contribution in [0.1, 0.15) is 36.3 Å². The quantitative estimate of drug-likeness (QED) is 0.673. The summed E-state index contributed by atoms with van der Waals surface area (Å²) < 4.78 is 0. The fraction of sp³-hybridized carbons (Fsp3) is 0.267. The summed E-state index contributed by atoms with van der Waals surface area (Å²) in [4.78, 5) is 30.8. The molecule has 0 spiro atoms. The number of carbonyl (C=O) groups is 1. The highest BCUT2D eigenvalue weighted by atomic mass is 35.5. The second-order valence-electron chi connectivity index (χ2n) is 4.60. The molecule has 4 nitrogen and oxygen atoms in total. The third kappa shape index (κ3) is 4.19. The number of hydrogen-bond donors (Lipinski definition) is 1. The number of carbonyl (C=O) groups excluding carboxylic acids is 1. The number of H-pyrrole nitrogens is 1. The lowest BCUT2D eigenvalue weighted by molar-refractivity contribution is 0.101. The Kier molecular flexibility index (Phi) is 5.20. The molecule has 21 heavy (non-hydrogen) atoms. The summed E-state index contributed by atoms with van der Waals surface area (Å²) in [6, 6.07) is 6.61. The van der Waals surface area contributed by atoms with Crippen molar-refractivity contribution in [3.63, 3.8) is 0 Å². The fourth-order valence-corrected chi connectivity index (χ4v) is 2.93. The highest BCUT2D eigenvalue weighted by molar-refractivity contribution is 7.99. The van der Waals surface area contributed by atoms with Crippen molar-refractivity contribution in [2.75, 3.05) is 0 Å². The van der Waals surface area contributed by atoms with E-state index in [0.29, 0.717) is 15.7 Å². The maximum absolute atomic E-state index is 11.6. The molecule has 0 amide bonds. The molecule has 0 bridgehead atoms. The van der Waals surface area contributed by atoms with E-state index in [0.717, 1.165) is 23.4 Å². The minimum absolute atomic E-state index is 0.0371. The van der Waals surface area contributed by atoms with Crippen LogP contribution in [0.2, 0.25) is 5.02 Å². The van der Waals surface area contributed by atoms with Crippen LogP contribution < -0.4 is 5.56 Å². The van der Waals surface area contributed by atoms with Gasteiger partial charge in [-0.15, -0.1) is 0 Å². The molecule has 1 aromatic heterocycles. The third-order valence-electron chi connectivity index (χ3n) is 2.82. The average Bonchev–Trinajstić information content (AvgIpc) is 2.40. The minimum Gasteiger partial charge on any atom is -0.301 e. The van der Waals surface area contributed by atoms with E-state index in [1.54, 1.807) is 18.2 Å². The molecular weight excluding hydrogens is 308 g/mol. The normalized spacial score (nSPS) is 10.6. The Balaban J connectivity index is 2.29. The molecule has 0 fully saturated rings. The largest absolute Gasteiger partial charge is 0.301 e. The van der Waals surface area contributed by atoms with Crippen molar-refractivity contribution >= 4 is 29.1 Å². The van der Waals surface area contributed by atoms with Gasteiger partial charge in [0.2, 0.25) is 0 Å². The Labute approximate surface area is 132 Å². The van der Waals surface area contributed by atoms with Crippen LogP contribution >= 0.6 is 23.4 Å². The molecule has 1 aromatic carbocycles. The van der Waals surface area contributed by atoms with Crippen LogP contribution in [0, 0.1) is 0 Å². The van der Waals surface area contributed by atoms with Crippen LogP contribution in [-0.2, 0) is 6.42 Å². The molecule has 1 N–H and O–H groups in total. The van der Waals surface area contributed by atoms with Gasteiger partial charge in [-0.25, -0.2) is 4.98 Å². The second kappa shape index (κ2) is 6.91. The first kappa shape index (κ1) is 15.8. The fourth-order valence-electron chi connectivity index (χ4n) is 1.82. The summed E-state index contributed by atoms with van der Waals surface area (Å²) in [5, 5.41) is 0.972. The van der Waals surface area contributed by atoms with Gasteiger partial charge in [0, 0.05) is 22.2 Å². The van der Waals surface area contributed by atoms with E-state index in [1.165, 1.54) is 24.8 Å². The van der Waals surface area contributed by atoms with E-state index in [-0.39, 0.29) is 11.3 Å². The summed E-state index contributed by atoms with van der Waals surface area (Å²) in [7, 11) is 0. The topological polar surface area (TPSA) is 62.8 Å². The van der Waals surface area contributed by atoms with Crippen LogP contribution in [0.4, 0.5) is 0 Å². The van der Waals surface area contributed by atoms with Gasteiger partial charge >= 0.3 is 0 Å². The van der Waals surface area contributed by atoms with Crippen molar-refractivity contribution in [3.05, 3.63) is 50.9 Å². The lowest BCUT2D eigenvalue weighted by Gasteiger charge is -2.06. The number of Topliss-reactive ketones (excluding diaryl/α,β-unsaturated/α-hetero) is 1. The molecule has 6 heteroatoms. The number of nitrogens with one attached hydrogen (secondary N) is 1. The number of ketones is 1. The van der Waals surface area contributed by atoms with Gasteiger partial charge in [0.1, 0.15) is 0 Å². The minimum atomic E-state index is -0.174. The predicted octanol–water partition coefficient (Wildman–Crippen LogP) is 3.73. The molecule has 110 valence electrons. The number of nitrogens with zero attached hydrogens (tertiary/aromatic N) is 1. The van der Waals surface area contributed by atoms with Gasteiger partial charge in [-0.1, -0.05) is 42.8 Å². The van der Waals surface area contributed by atoms with Crippen molar-refractivity contribution in [2.45, 2.75) is 36.7 Å². The summed E-state index contributed by atoms with van der Waals surface area (Å²) in [5.41, 5.74) is 1.15. The Morgan fingerprint density at radius 1 is 1.38 bits per heavy atom. The van der Waals surface area contributed by atoms with Crippen molar-refractivity contribution < 1.29 is 4.79 Å². The summed E-state index contributed by atoms with van der Waals surface area (Å²) in [5.74, 6) is -0.0371. The number of aryl methyl sites for hydroxylation is 1. The van der Waals surface area contributed by atoms with Crippen molar-refractivity contribution in [1.82, 2.24) is 9.97 Å². The SMILES string of the molecule is CCCc1cc(=O)[nH]c(Sc2ccc(C(C)=O)cc2Cl)n1. The Bertz CT molecular complexity index is 728. The summed E-state index contributed by atoms with van der Waals surface area (Å²) in [6.45, 7) is 3.53. The molecular formula is C15H15ClN2O2S. The predicted molar refractivity (Wildman–Crippen MR) is 84.4 cm³/mol. The molecule has 0 saturated carbocycles. The van der Waals surface area contributed by atoms with Crippen LogP contribution in [0.25, 0.3) is 0 Å². The number of benzene rings is 1. The van der Waals surface area contributed by atoms with E-state index < -0.39 is 0 Å². The monoisotopic (exact) mass is 322 g/mol. The summed E-state index contributed by atoms with van der Waals surface area (Å²) in [6.07, 6.45) is 1.68. The first-order valence-corrected chi connectivity index (χ1v) is 7.77. The standard InChI is InChI=1S/C15H15ClN2O2S/c1-3-4-11-8-14(20)18-15(17-11)21-13-6-5-10(9(2)19)7-12(13)16/h5-8H,3-4H2,1-2H3,(H,17,18,20). The van der Waals surface area contributed by atoms with Gasteiger partial charge in [0.15, 0.2) is 10.9 Å². The smallest absolute Gasteiger partial charge is 0.251 e. The van der Waals surface area contributed by atoms with Gasteiger partial charge in [0.05, 0.1) is 5.02 Å². The first-order valence-electron chi connectivity index (χ1n) is 6.58. The molecule has 0 saturated heterocycles. The molecule has 2 rings (SSSR count). The van der Waals surface area contributed by atoms with E-state index in [4.69, 9.17) is 11.6 Å². The zero-order valence-electron chi connectivity index (χ0n) is 11.8. The molecule has 0 aliphatic heterocycles. The van der Waals surface area contributed by atoms with E-state index in [1.807, 2.05) is 6.92 Å². The van der Waals surface area contributed by atoms with Gasteiger partial charge in [-0.05, 0) is 25.5 Å². The average molecular weight is 323 g/mol. The number of rotatable bonds is 5. The van der Waals surface area contributed by atoms with Gasteiger partial charge in [-0.3, -0.25) is 9.59 Å². The number of hydrogen-bond acceptors (Lipinski definition) is 4. The third-order valence-corrected chi connectivity index (χ3v) is 4.21. The lowest BCUT2D eigenvalue weighted by atomic mass is 10.1. The first-order chi connectivity index (χ1) is 9.99. The van der Waals surface area contributed by atoms with Crippen LogP contribution in [0.15, 0.2) is 39.1 Å². The highest BCUT2D eigenvalue weighted by Gasteiger charge is 2.09. The van der Waals surface area contributed by atoms with Crippen LogP contribution in [-0.4, -0.2) is 15.8 Å². The Morgan fingerprint density at radius 2 is 2.14 bits per heavy atom. The summed E-state index contributed by atoms with van der Waals surface area (Å²) >= 11 is 7.45. The van der Waals surface area contributed by atoms with Crippen molar-refractivity contribution in [1.29, 1.82) is 0 Å². The Morgan fingerprint density at radius 3 is 2.76 bits per heavy atom. The second-order valence-corrected chi connectivity index (χ2v) is 6.03. The molecule has 2 aromatic rings. The van der Waals surface area contributed by atoms with Crippen LogP contribution in [0.5, 0.6) is 0 Å². The molecule has 0 radical (unpaired) electrons. The molecule has 0 atom stereocenters. The van der Waals surface area contributed by atoms with Gasteiger partial charge < -0.3 is 4.98 Å². The molecule has 0 aliphatic rings. The Hall–Kier alpha value is -1.59. The number of aromatic amines is 1. The lowest BCUT2D eigenvalue weighted by Crippen LogP contribution is -2.09. The maximum Gasteiger partial charge on any atom is 0.251 e. The molecule has 0 unspecified atom stereocenters. The van der Waals surface area contributed by atoms with Gasteiger partial charge in [-0.2, -0.15) is 0 Å². The van der Waals surface area contributed by atoms with E-state index in [2.05, 4.69) is 9.97 Å². The van der Waals surface area contributed by atoms with Gasteiger partial charge in [0.25, 0.3) is 5.56 Å². The number of halogens is 1. The zero-order valence-corrected chi connectivity index (χ0v) is 13.3. The highest BCUT2D eigenvalue weighted by Crippen LogP contribution is 2.31.